The minimum atomic E-state index is -0.411. The summed E-state index contributed by atoms with van der Waals surface area (Å²) in [4.78, 5) is 30.9. The predicted molar refractivity (Wildman–Crippen MR) is 99.1 cm³/mol. The predicted octanol–water partition coefficient (Wildman–Crippen LogP) is 3.85. The standard InChI is InChI=1S/C18H31N3O2S/c1-6-8-10-19-16(22)14-13-24-15(20-14)12-21(11-9-7-2)17(23)18(3,4)5/h13H,6-12H2,1-5H3,(H,19,22). The summed E-state index contributed by atoms with van der Waals surface area (Å²) in [6, 6.07) is 0. The Balaban J connectivity index is 2.73. The topological polar surface area (TPSA) is 62.3 Å². The zero-order chi connectivity index (χ0) is 18.2. The van der Waals surface area contributed by atoms with Crippen LogP contribution in [0.25, 0.3) is 0 Å². The number of rotatable bonds is 9. The van der Waals surface area contributed by atoms with Gasteiger partial charge < -0.3 is 10.2 Å². The number of aromatic nitrogens is 1. The molecule has 1 heterocycles. The Hall–Kier alpha value is -1.43. The lowest BCUT2D eigenvalue weighted by atomic mass is 9.94. The summed E-state index contributed by atoms with van der Waals surface area (Å²) < 4.78 is 0. The molecule has 6 heteroatoms. The van der Waals surface area contributed by atoms with Crippen LogP contribution < -0.4 is 5.32 Å². The maximum absolute atomic E-state index is 12.6. The van der Waals surface area contributed by atoms with Crippen LogP contribution in [0.15, 0.2) is 5.38 Å². The van der Waals surface area contributed by atoms with Crippen LogP contribution in [0, 0.1) is 5.41 Å². The molecule has 0 aliphatic heterocycles. The van der Waals surface area contributed by atoms with Gasteiger partial charge in [-0.2, -0.15) is 0 Å². The molecule has 0 aromatic carbocycles. The van der Waals surface area contributed by atoms with Crippen molar-refractivity contribution in [2.75, 3.05) is 13.1 Å². The molecule has 5 nitrogen and oxygen atoms in total. The van der Waals surface area contributed by atoms with E-state index in [1.165, 1.54) is 11.3 Å². The Morgan fingerprint density at radius 1 is 1.21 bits per heavy atom. The van der Waals surface area contributed by atoms with Gasteiger partial charge in [0.2, 0.25) is 5.91 Å². The highest BCUT2D eigenvalue weighted by Crippen LogP contribution is 2.21. The summed E-state index contributed by atoms with van der Waals surface area (Å²) >= 11 is 1.44. The van der Waals surface area contributed by atoms with Gasteiger partial charge >= 0.3 is 0 Å². The molecule has 136 valence electrons. The molecule has 0 bridgehead atoms. The van der Waals surface area contributed by atoms with E-state index in [1.54, 1.807) is 5.38 Å². The van der Waals surface area contributed by atoms with E-state index in [0.717, 1.165) is 37.2 Å². The fourth-order valence-corrected chi connectivity index (χ4v) is 2.98. The van der Waals surface area contributed by atoms with E-state index in [9.17, 15) is 9.59 Å². The quantitative estimate of drug-likeness (QED) is 0.686. The summed E-state index contributed by atoms with van der Waals surface area (Å²) in [6.45, 7) is 11.9. The number of carbonyl (C=O) groups is 2. The molecule has 1 aromatic rings. The van der Waals surface area contributed by atoms with Crippen LogP contribution in [0.4, 0.5) is 0 Å². The van der Waals surface area contributed by atoms with Crippen molar-refractivity contribution < 1.29 is 9.59 Å². The van der Waals surface area contributed by atoms with Crippen LogP contribution in [-0.2, 0) is 11.3 Å². The van der Waals surface area contributed by atoms with Crippen LogP contribution in [0.5, 0.6) is 0 Å². The highest BCUT2D eigenvalue weighted by Gasteiger charge is 2.27. The number of carbonyl (C=O) groups excluding carboxylic acids is 2. The molecular weight excluding hydrogens is 322 g/mol. The lowest BCUT2D eigenvalue weighted by molar-refractivity contribution is -0.140. The Morgan fingerprint density at radius 3 is 2.46 bits per heavy atom. The van der Waals surface area contributed by atoms with Gasteiger partial charge in [-0.1, -0.05) is 47.5 Å². The van der Waals surface area contributed by atoms with Crippen LogP contribution in [0.2, 0.25) is 0 Å². The molecule has 24 heavy (non-hydrogen) atoms. The lowest BCUT2D eigenvalue weighted by Gasteiger charge is -2.28. The molecule has 1 aromatic heterocycles. The van der Waals surface area contributed by atoms with Crippen molar-refractivity contribution in [1.29, 1.82) is 0 Å². The number of nitrogens with zero attached hydrogens (tertiary/aromatic N) is 2. The first-order valence-electron chi connectivity index (χ1n) is 8.81. The van der Waals surface area contributed by atoms with Gasteiger partial charge in [0.15, 0.2) is 0 Å². The SMILES string of the molecule is CCCCNC(=O)c1csc(CN(CCCC)C(=O)C(C)(C)C)n1. The second-order valence-corrected chi connectivity index (χ2v) is 8.01. The van der Waals surface area contributed by atoms with E-state index >= 15 is 0 Å². The van der Waals surface area contributed by atoms with Crippen LogP contribution in [-0.4, -0.2) is 34.8 Å². The molecule has 1 N–H and O–H groups in total. The first kappa shape index (κ1) is 20.6. The summed E-state index contributed by atoms with van der Waals surface area (Å²) in [7, 11) is 0. The minimum Gasteiger partial charge on any atom is -0.351 e. The molecule has 0 saturated carbocycles. The smallest absolute Gasteiger partial charge is 0.270 e. The van der Waals surface area contributed by atoms with Crippen molar-refractivity contribution in [3.63, 3.8) is 0 Å². The first-order chi connectivity index (χ1) is 11.3. The van der Waals surface area contributed by atoms with Gasteiger partial charge in [-0.3, -0.25) is 9.59 Å². The van der Waals surface area contributed by atoms with Crippen molar-refractivity contribution in [2.45, 2.75) is 66.8 Å². The maximum atomic E-state index is 12.6. The highest BCUT2D eigenvalue weighted by molar-refractivity contribution is 7.09. The molecule has 0 unspecified atom stereocenters. The van der Waals surface area contributed by atoms with E-state index in [0.29, 0.717) is 18.8 Å². The zero-order valence-corrected chi connectivity index (χ0v) is 16.5. The Morgan fingerprint density at radius 2 is 1.88 bits per heavy atom. The van der Waals surface area contributed by atoms with E-state index in [-0.39, 0.29) is 11.8 Å². The average Bonchev–Trinajstić information content (AvgIpc) is 2.98. The van der Waals surface area contributed by atoms with E-state index in [4.69, 9.17) is 0 Å². The molecule has 0 fully saturated rings. The Labute approximate surface area is 149 Å². The fourth-order valence-electron chi connectivity index (χ4n) is 2.20. The monoisotopic (exact) mass is 353 g/mol. The number of nitrogens with one attached hydrogen (secondary N) is 1. The third kappa shape index (κ3) is 6.59. The molecule has 0 saturated heterocycles. The highest BCUT2D eigenvalue weighted by atomic mass is 32.1. The zero-order valence-electron chi connectivity index (χ0n) is 15.6. The van der Waals surface area contributed by atoms with Crippen molar-refractivity contribution in [2.24, 2.45) is 5.41 Å². The molecular formula is C18H31N3O2S. The van der Waals surface area contributed by atoms with Crippen molar-refractivity contribution in [3.05, 3.63) is 16.1 Å². The van der Waals surface area contributed by atoms with Crippen LogP contribution in [0.3, 0.4) is 0 Å². The minimum absolute atomic E-state index is 0.125. The molecule has 1 rings (SSSR count). The summed E-state index contributed by atoms with van der Waals surface area (Å²) in [5.41, 5.74) is 0.0375. The summed E-state index contributed by atoms with van der Waals surface area (Å²) in [5.74, 6) is -0.00620. The molecule has 0 aliphatic carbocycles. The number of thiazole rings is 1. The van der Waals surface area contributed by atoms with Crippen molar-refractivity contribution in [1.82, 2.24) is 15.2 Å². The third-order valence-electron chi connectivity index (χ3n) is 3.64. The number of unbranched alkanes of at least 4 members (excludes halogenated alkanes) is 2. The van der Waals surface area contributed by atoms with Gasteiger partial charge in [-0.25, -0.2) is 4.98 Å². The Kier molecular flexibility index (Phi) is 8.39. The largest absolute Gasteiger partial charge is 0.351 e. The van der Waals surface area contributed by atoms with E-state index < -0.39 is 5.41 Å². The van der Waals surface area contributed by atoms with Crippen LogP contribution in [0.1, 0.15) is 75.8 Å². The van der Waals surface area contributed by atoms with E-state index in [2.05, 4.69) is 24.1 Å². The number of hydrogen-bond donors (Lipinski definition) is 1. The van der Waals surface area contributed by atoms with Crippen molar-refractivity contribution >= 4 is 23.2 Å². The lowest BCUT2D eigenvalue weighted by Crippen LogP contribution is -2.39. The molecule has 0 aliphatic rings. The van der Waals surface area contributed by atoms with Gasteiger partial charge in [0.25, 0.3) is 5.91 Å². The van der Waals surface area contributed by atoms with Gasteiger partial charge in [0.05, 0.1) is 6.54 Å². The van der Waals surface area contributed by atoms with Gasteiger partial charge in [0, 0.05) is 23.9 Å². The fraction of sp³-hybridized carbons (Fsp3) is 0.722. The Bertz CT molecular complexity index is 535. The second kappa shape index (κ2) is 9.77. The van der Waals surface area contributed by atoms with E-state index in [1.807, 2.05) is 25.7 Å². The van der Waals surface area contributed by atoms with Crippen molar-refractivity contribution in [3.8, 4) is 0 Å². The second-order valence-electron chi connectivity index (χ2n) is 7.07. The number of hydrogen-bond acceptors (Lipinski definition) is 4. The average molecular weight is 354 g/mol. The van der Waals surface area contributed by atoms with Gasteiger partial charge in [-0.15, -0.1) is 11.3 Å². The first-order valence-corrected chi connectivity index (χ1v) is 9.69. The summed E-state index contributed by atoms with van der Waals surface area (Å²) in [6.07, 6.45) is 4.02. The van der Waals surface area contributed by atoms with Gasteiger partial charge in [0.1, 0.15) is 10.7 Å². The molecule has 2 amide bonds. The summed E-state index contributed by atoms with van der Waals surface area (Å²) in [5, 5.41) is 5.46. The molecule has 0 spiro atoms. The number of amides is 2. The van der Waals surface area contributed by atoms with Crippen LogP contribution >= 0.6 is 11.3 Å². The molecule has 0 atom stereocenters. The third-order valence-corrected chi connectivity index (χ3v) is 4.47. The van der Waals surface area contributed by atoms with Gasteiger partial charge in [-0.05, 0) is 12.8 Å². The maximum Gasteiger partial charge on any atom is 0.270 e. The normalized spacial score (nSPS) is 11.4. The molecule has 0 radical (unpaired) electrons.